The van der Waals surface area contributed by atoms with Gasteiger partial charge in [-0.15, -0.1) is 0 Å². The van der Waals surface area contributed by atoms with Gasteiger partial charge in [0, 0.05) is 25.0 Å². The van der Waals surface area contributed by atoms with Gasteiger partial charge in [0.15, 0.2) is 0 Å². The van der Waals surface area contributed by atoms with Gasteiger partial charge >= 0.3 is 6.09 Å². The molecule has 0 radical (unpaired) electrons. The SMILES string of the molecule is CC(C=C[C@@H]1C[C@@]2(CO2)CC(C)O1)=CCC1CCC(NC(=O)C=CC(C)OC(N)=O)CC1. The minimum atomic E-state index is -0.848. The maximum Gasteiger partial charge on any atom is 0.405 e. The molecule has 3 aliphatic rings. The third-order valence-corrected chi connectivity index (χ3v) is 6.55. The van der Waals surface area contributed by atoms with E-state index in [1.807, 2.05) is 0 Å². The standard InChI is InChI=1S/C25H38N2O5/c1-17(5-12-22-15-25(16-30-25)14-19(3)31-22)4-7-20-8-10-21(11-9-20)27-23(28)13-6-18(2)32-24(26)29/h4-6,12-13,18-22H,7-11,14-16H2,1-3H3,(H2,26,29)(H,27,28)/t18?,19?,20?,21?,22-,25-/m1/s1. The number of nitrogens with two attached hydrogens (primary N) is 1. The van der Waals surface area contributed by atoms with Crippen molar-refractivity contribution in [1.29, 1.82) is 0 Å². The molecule has 1 spiro atoms. The molecule has 1 saturated carbocycles. The fourth-order valence-electron chi connectivity index (χ4n) is 4.74. The Morgan fingerprint density at radius 1 is 1.22 bits per heavy atom. The van der Waals surface area contributed by atoms with E-state index in [1.54, 1.807) is 6.92 Å². The molecular formula is C25H38N2O5. The molecule has 1 aliphatic carbocycles. The van der Waals surface area contributed by atoms with Crippen LogP contribution in [0, 0.1) is 5.92 Å². The van der Waals surface area contributed by atoms with Gasteiger partial charge in [0.05, 0.1) is 24.4 Å². The second kappa shape index (κ2) is 11.1. The van der Waals surface area contributed by atoms with Crippen LogP contribution >= 0.6 is 0 Å². The van der Waals surface area contributed by atoms with Crippen LogP contribution in [0.25, 0.3) is 0 Å². The Hall–Kier alpha value is -2.12. The summed E-state index contributed by atoms with van der Waals surface area (Å²) in [6.07, 6.45) is 15.9. The summed E-state index contributed by atoms with van der Waals surface area (Å²) in [5, 5.41) is 3.04. The van der Waals surface area contributed by atoms with Gasteiger partial charge in [-0.1, -0.05) is 23.8 Å². The fourth-order valence-corrected chi connectivity index (χ4v) is 4.74. The molecule has 0 aromatic carbocycles. The zero-order valence-corrected chi connectivity index (χ0v) is 19.5. The van der Waals surface area contributed by atoms with Crippen molar-refractivity contribution in [3.05, 3.63) is 36.0 Å². The fraction of sp³-hybridized carbons (Fsp3) is 0.680. The molecule has 2 unspecified atom stereocenters. The lowest BCUT2D eigenvalue weighted by atomic mass is 9.83. The first-order valence-electron chi connectivity index (χ1n) is 11.8. The van der Waals surface area contributed by atoms with E-state index in [4.69, 9.17) is 19.9 Å². The first-order chi connectivity index (χ1) is 15.2. The average molecular weight is 447 g/mol. The molecule has 0 aromatic rings. The monoisotopic (exact) mass is 446 g/mol. The number of primary amides is 1. The zero-order valence-electron chi connectivity index (χ0n) is 19.5. The van der Waals surface area contributed by atoms with Crippen LogP contribution in [0.3, 0.4) is 0 Å². The molecule has 7 heteroatoms. The van der Waals surface area contributed by atoms with Gasteiger partial charge in [-0.3, -0.25) is 4.79 Å². The highest BCUT2D eigenvalue weighted by atomic mass is 16.6. The quantitative estimate of drug-likeness (QED) is 0.334. The summed E-state index contributed by atoms with van der Waals surface area (Å²) in [6, 6.07) is 0.197. The topological polar surface area (TPSA) is 103 Å². The number of hydrogen-bond donors (Lipinski definition) is 2. The van der Waals surface area contributed by atoms with Crippen molar-refractivity contribution < 1.29 is 23.8 Å². The van der Waals surface area contributed by atoms with E-state index in [9.17, 15) is 9.59 Å². The Labute approximate surface area is 191 Å². The molecule has 0 aromatic heterocycles. The summed E-state index contributed by atoms with van der Waals surface area (Å²) >= 11 is 0. The van der Waals surface area contributed by atoms with Crippen molar-refractivity contribution in [1.82, 2.24) is 5.32 Å². The average Bonchev–Trinajstić information content (AvgIpc) is 3.47. The van der Waals surface area contributed by atoms with Gasteiger partial charge in [-0.05, 0) is 64.9 Å². The molecular weight excluding hydrogens is 408 g/mol. The molecule has 32 heavy (non-hydrogen) atoms. The highest BCUT2D eigenvalue weighted by Gasteiger charge is 2.50. The van der Waals surface area contributed by atoms with Gasteiger partial charge in [0.2, 0.25) is 5.91 Å². The van der Waals surface area contributed by atoms with Crippen molar-refractivity contribution in [2.75, 3.05) is 6.61 Å². The van der Waals surface area contributed by atoms with Crippen molar-refractivity contribution in [2.45, 2.75) is 95.7 Å². The molecule has 2 aliphatic heterocycles. The molecule has 3 N–H and O–H groups in total. The van der Waals surface area contributed by atoms with Crippen LogP contribution in [0.5, 0.6) is 0 Å². The summed E-state index contributed by atoms with van der Waals surface area (Å²) in [5.74, 6) is 0.493. The van der Waals surface area contributed by atoms with E-state index in [-0.39, 0.29) is 29.8 Å². The number of rotatable bonds is 8. The number of hydrogen-bond acceptors (Lipinski definition) is 5. The molecule has 2 saturated heterocycles. The van der Waals surface area contributed by atoms with Gasteiger partial charge in [0.1, 0.15) is 6.10 Å². The minimum absolute atomic E-state index is 0.0870. The molecule has 7 nitrogen and oxygen atoms in total. The van der Waals surface area contributed by atoms with Gasteiger partial charge in [-0.2, -0.15) is 0 Å². The molecule has 2 heterocycles. The first kappa shape index (κ1) is 24.5. The summed E-state index contributed by atoms with van der Waals surface area (Å²) in [7, 11) is 0. The van der Waals surface area contributed by atoms with E-state index in [1.165, 1.54) is 17.7 Å². The largest absolute Gasteiger partial charge is 0.442 e. The lowest BCUT2D eigenvalue weighted by molar-refractivity contribution is -0.117. The predicted molar refractivity (Wildman–Crippen MR) is 123 cm³/mol. The van der Waals surface area contributed by atoms with E-state index in [2.05, 4.69) is 37.4 Å². The normalized spacial score (nSPS) is 34.0. The Balaban J connectivity index is 1.34. The van der Waals surface area contributed by atoms with Crippen LogP contribution in [-0.4, -0.2) is 48.6 Å². The summed E-state index contributed by atoms with van der Waals surface area (Å²) in [6.45, 7) is 6.81. The number of carbonyl (C=O) groups is 2. The van der Waals surface area contributed by atoms with Gasteiger partial charge in [0.25, 0.3) is 0 Å². The third-order valence-electron chi connectivity index (χ3n) is 6.55. The summed E-state index contributed by atoms with van der Waals surface area (Å²) in [4.78, 5) is 22.8. The van der Waals surface area contributed by atoms with E-state index in [0.717, 1.165) is 51.6 Å². The Morgan fingerprint density at radius 2 is 1.94 bits per heavy atom. The van der Waals surface area contributed by atoms with Gasteiger partial charge < -0.3 is 25.3 Å². The molecule has 2 amide bonds. The van der Waals surface area contributed by atoms with Crippen LogP contribution in [0.15, 0.2) is 36.0 Å². The van der Waals surface area contributed by atoms with E-state index < -0.39 is 12.2 Å². The Bertz CT molecular complexity index is 747. The lowest BCUT2D eigenvalue weighted by Gasteiger charge is -2.30. The molecule has 178 valence electrons. The van der Waals surface area contributed by atoms with E-state index in [0.29, 0.717) is 5.92 Å². The second-order valence-corrected chi connectivity index (χ2v) is 9.64. The van der Waals surface area contributed by atoms with Crippen LogP contribution in [-0.2, 0) is 19.0 Å². The second-order valence-electron chi connectivity index (χ2n) is 9.64. The smallest absolute Gasteiger partial charge is 0.405 e. The number of ether oxygens (including phenoxy) is 3. The third kappa shape index (κ3) is 8.10. The molecule has 4 atom stereocenters. The van der Waals surface area contributed by atoms with Crippen LogP contribution in [0.2, 0.25) is 0 Å². The van der Waals surface area contributed by atoms with Gasteiger partial charge in [-0.25, -0.2) is 4.79 Å². The predicted octanol–water partition coefficient (Wildman–Crippen LogP) is 3.93. The number of allylic oxidation sites excluding steroid dienone is 3. The maximum absolute atomic E-state index is 12.1. The first-order valence-corrected chi connectivity index (χ1v) is 11.8. The maximum atomic E-state index is 12.1. The number of amides is 2. The number of carbonyl (C=O) groups excluding carboxylic acids is 2. The van der Waals surface area contributed by atoms with Crippen molar-refractivity contribution in [2.24, 2.45) is 11.7 Å². The van der Waals surface area contributed by atoms with Crippen LogP contribution in [0.4, 0.5) is 4.79 Å². The Kier molecular flexibility index (Phi) is 8.54. The van der Waals surface area contributed by atoms with Crippen molar-refractivity contribution in [3.63, 3.8) is 0 Å². The molecule has 3 rings (SSSR count). The molecule has 0 bridgehead atoms. The van der Waals surface area contributed by atoms with E-state index >= 15 is 0 Å². The number of epoxide rings is 1. The molecule has 3 fully saturated rings. The highest BCUT2D eigenvalue weighted by Crippen LogP contribution is 2.42. The van der Waals surface area contributed by atoms with Crippen molar-refractivity contribution >= 4 is 12.0 Å². The Morgan fingerprint density at radius 3 is 2.59 bits per heavy atom. The lowest BCUT2D eigenvalue weighted by Crippen LogP contribution is -2.36. The number of nitrogens with one attached hydrogen (secondary N) is 1. The zero-order chi connectivity index (χ0) is 23.1. The van der Waals surface area contributed by atoms with Crippen LogP contribution in [0.1, 0.15) is 65.7 Å². The van der Waals surface area contributed by atoms with Crippen LogP contribution < -0.4 is 11.1 Å². The van der Waals surface area contributed by atoms with Crippen molar-refractivity contribution in [3.8, 4) is 0 Å². The summed E-state index contributed by atoms with van der Waals surface area (Å²) < 4.78 is 16.5. The summed E-state index contributed by atoms with van der Waals surface area (Å²) in [5.41, 5.74) is 6.32. The highest BCUT2D eigenvalue weighted by molar-refractivity contribution is 5.87. The minimum Gasteiger partial charge on any atom is -0.442 e.